The molecule has 12 heteroatoms. The zero-order valence-corrected chi connectivity index (χ0v) is 15.7. The van der Waals surface area contributed by atoms with Crippen LogP contribution in [0, 0.1) is 0 Å². The minimum absolute atomic E-state index is 0.308. The lowest BCUT2D eigenvalue weighted by molar-refractivity contribution is -0.141. The van der Waals surface area contributed by atoms with Crippen LogP contribution in [0.4, 0.5) is 36.3 Å². The van der Waals surface area contributed by atoms with E-state index in [9.17, 15) is 13.2 Å². The van der Waals surface area contributed by atoms with Gasteiger partial charge in [-0.1, -0.05) is 29.3 Å². The van der Waals surface area contributed by atoms with Crippen molar-refractivity contribution >= 4 is 57.5 Å². The predicted octanol–water partition coefficient (Wildman–Crippen LogP) is 5.56. The molecule has 0 aliphatic carbocycles. The number of halogens is 5. The molecule has 7 nitrogen and oxygen atoms in total. The van der Waals surface area contributed by atoms with E-state index in [1.54, 1.807) is 18.2 Å². The van der Waals surface area contributed by atoms with Gasteiger partial charge in [0, 0.05) is 0 Å². The van der Waals surface area contributed by atoms with Crippen molar-refractivity contribution in [2.45, 2.75) is 6.18 Å². The van der Waals surface area contributed by atoms with Gasteiger partial charge in [0.1, 0.15) is 17.5 Å². The average Bonchev–Trinajstić information content (AvgIpc) is 3.08. The second kappa shape index (κ2) is 7.37. The van der Waals surface area contributed by atoms with E-state index in [0.29, 0.717) is 44.4 Å². The van der Waals surface area contributed by atoms with Gasteiger partial charge in [-0.15, -0.1) is 0 Å². The fourth-order valence-electron chi connectivity index (χ4n) is 2.49. The molecule has 3 N–H and O–H groups in total. The van der Waals surface area contributed by atoms with E-state index < -0.39 is 11.9 Å². The van der Waals surface area contributed by atoms with Gasteiger partial charge in [-0.3, -0.25) is 0 Å². The molecule has 0 amide bonds. The summed E-state index contributed by atoms with van der Waals surface area (Å²) in [6, 6.07) is 7.18. The number of benzene rings is 1. The van der Waals surface area contributed by atoms with Crippen LogP contribution in [0.25, 0.3) is 11.2 Å². The summed E-state index contributed by atoms with van der Waals surface area (Å²) in [4.78, 5) is 18.9. The number of nitrogens with zero attached hydrogens (tertiary/aromatic N) is 4. The van der Waals surface area contributed by atoms with Crippen molar-refractivity contribution in [1.29, 1.82) is 0 Å². The number of alkyl halides is 3. The summed E-state index contributed by atoms with van der Waals surface area (Å²) >= 11 is 12.3. The molecule has 1 aromatic carbocycles. The number of rotatable bonds is 4. The molecule has 4 aromatic rings. The van der Waals surface area contributed by atoms with Gasteiger partial charge in [0.25, 0.3) is 0 Å². The number of hydrogen-bond donors (Lipinski definition) is 3. The maximum Gasteiger partial charge on any atom is 0.433 e. The van der Waals surface area contributed by atoms with Gasteiger partial charge < -0.3 is 15.6 Å². The molecular weight excluding hydrogens is 430 g/mol. The molecule has 148 valence electrons. The number of H-pyrrole nitrogens is 1. The minimum Gasteiger partial charge on any atom is -0.337 e. The third-order valence-corrected chi connectivity index (χ3v) is 4.44. The Hall–Kier alpha value is -3.11. The molecule has 0 atom stereocenters. The van der Waals surface area contributed by atoms with Gasteiger partial charge in [-0.05, 0) is 24.3 Å². The lowest BCUT2D eigenvalue weighted by Crippen LogP contribution is -2.07. The quantitative estimate of drug-likeness (QED) is 0.385. The molecule has 0 saturated heterocycles. The van der Waals surface area contributed by atoms with E-state index in [1.165, 1.54) is 12.4 Å². The lowest BCUT2D eigenvalue weighted by Gasteiger charge is -2.08. The molecule has 29 heavy (non-hydrogen) atoms. The number of hydrogen-bond acceptors (Lipinski definition) is 6. The number of imidazole rings is 1. The third-order valence-electron chi connectivity index (χ3n) is 3.81. The second-order valence-electron chi connectivity index (χ2n) is 5.78. The summed E-state index contributed by atoms with van der Waals surface area (Å²) in [5, 5.41) is 6.68. The molecule has 0 radical (unpaired) electrons. The number of aromatic nitrogens is 5. The monoisotopic (exact) mass is 439 g/mol. The van der Waals surface area contributed by atoms with E-state index in [2.05, 4.69) is 35.6 Å². The zero-order valence-electron chi connectivity index (χ0n) is 14.2. The molecule has 0 aliphatic heterocycles. The van der Waals surface area contributed by atoms with Gasteiger partial charge in [0.15, 0.2) is 11.5 Å². The van der Waals surface area contributed by atoms with Crippen LogP contribution in [0.2, 0.25) is 10.0 Å². The SMILES string of the molecule is FC(F)(F)c1ccc(Nc2ncnc3nc(Nc4c(Cl)cccc4Cl)[nH]c23)cn1. The fourth-order valence-corrected chi connectivity index (χ4v) is 2.98. The van der Waals surface area contributed by atoms with Crippen LogP contribution in [0.3, 0.4) is 0 Å². The normalized spacial score (nSPS) is 11.6. The van der Waals surface area contributed by atoms with Gasteiger partial charge in [-0.25, -0.2) is 15.0 Å². The van der Waals surface area contributed by atoms with E-state index in [-0.39, 0.29) is 0 Å². The highest BCUT2D eigenvalue weighted by Gasteiger charge is 2.32. The molecule has 0 bridgehead atoms. The molecule has 0 saturated carbocycles. The van der Waals surface area contributed by atoms with E-state index in [1.807, 2.05) is 0 Å². The van der Waals surface area contributed by atoms with Crippen molar-refractivity contribution in [1.82, 2.24) is 24.9 Å². The Morgan fingerprint density at radius 2 is 1.69 bits per heavy atom. The first-order valence-electron chi connectivity index (χ1n) is 8.03. The van der Waals surface area contributed by atoms with Crippen LogP contribution < -0.4 is 10.6 Å². The number of fused-ring (bicyclic) bond motifs is 1. The van der Waals surface area contributed by atoms with Crippen LogP contribution in [0.1, 0.15) is 5.69 Å². The van der Waals surface area contributed by atoms with Gasteiger partial charge in [0.2, 0.25) is 5.95 Å². The molecule has 0 fully saturated rings. The molecule has 0 aliphatic rings. The standard InChI is InChI=1S/C17H10Cl2F3N7/c18-9-2-1-3-10(19)12(9)27-16-28-13-14(24-7-25-15(13)29-16)26-8-4-5-11(23-6-8)17(20,21)22/h1-7H,(H3,24,25,26,27,28,29). The summed E-state index contributed by atoms with van der Waals surface area (Å²) in [6.45, 7) is 0. The van der Waals surface area contributed by atoms with Crippen molar-refractivity contribution in [3.63, 3.8) is 0 Å². The number of para-hydroxylation sites is 1. The third kappa shape index (κ3) is 4.03. The van der Waals surface area contributed by atoms with Crippen molar-refractivity contribution in [2.75, 3.05) is 10.6 Å². The maximum absolute atomic E-state index is 12.7. The predicted molar refractivity (Wildman–Crippen MR) is 104 cm³/mol. The van der Waals surface area contributed by atoms with Crippen molar-refractivity contribution < 1.29 is 13.2 Å². The number of nitrogens with one attached hydrogen (secondary N) is 3. The van der Waals surface area contributed by atoms with E-state index >= 15 is 0 Å². The molecular formula is C17H10Cl2F3N7. The van der Waals surface area contributed by atoms with Gasteiger partial charge >= 0.3 is 6.18 Å². The van der Waals surface area contributed by atoms with E-state index in [4.69, 9.17) is 23.2 Å². The second-order valence-corrected chi connectivity index (χ2v) is 6.60. The molecule has 4 rings (SSSR count). The van der Waals surface area contributed by atoms with Crippen LogP contribution in [-0.2, 0) is 6.18 Å². The number of pyridine rings is 1. The smallest absolute Gasteiger partial charge is 0.337 e. The Morgan fingerprint density at radius 1 is 0.931 bits per heavy atom. The lowest BCUT2D eigenvalue weighted by atomic mass is 10.3. The Labute approximate surface area is 171 Å². The van der Waals surface area contributed by atoms with Crippen LogP contribution in [0.5, 0.6) is 0 Å². The van der Waals surface area contributed by atoms with Gasteiger partial charge in [-0.2, -0.15) is 18.2 Å². The van der Waals surface area contributed by atoms with Crippen molar-refractivity contribution in [3.8, 4) is 0 Å². The summed E-state index contributed by atoms with van der Waals surface area (Å²) < 4.78 is 38.0. The fraction of sp³-hybridized carbons (Fsp3) is 0.0588. The average molecular weight is 440 g/mol. The highest BCUT2D eigenvalue weighted by atomic mass is 35.5. The van der Waals surface area contributed by atoms with Crippen LogP contribution >= 0.6 is 23.2 Å². The topological polar surface area (TPSA) is 91.4 Å². The van der Waals surface area contributed by atoms with Gasteiger partial charge in [0.05, 0.1) is 27.6 Å². The first-order valence-corrected chi connectivity index (χ1v) is 8.79. The number of aromatic amines is 1. The summed E-state index contributed by atoms with van der Waals surface area (Å²) in [6.07, 6.45) is -2.17. The Morgan fingerprint density at radius 3 is 2.34 bits per heavy atom. The Bertz CT molecular complexity index is 1160. The molecule has 3 aromatic heterocycles. The highest BCUT2D eigenvalue weighted by Crippen LogP contribution is 2.33. The summed E-state index contributed by atoms with van der Waals surface area (Å²) in [5.41, 5.74) is 0.548. The molecule has 0 spiro atoms. The Balaban J connectivity index is 1.63. The van der Waals surface area contributed by atoms with Crippen molar-refractivity contribution in [3.05, 3.63) is 58.6 Å². The van der Waals surface area contributed by atoms with Crippen LogP contribution in [0.15, 0.2) is 42.9 Å². The maximum atomic E-state index is 12.7. The number of anilines is 4. The first-order chi connectivity index (χ1) is 13.8. The zero-order chi connectivity index (χ0) is 20.6. The first kappa shape index (κ1) is 19.2. The van der Waals surface area contributed by atoms with Crippen molar-refractivity contribution in [2.24, 2.45) is 0 Å². The molecule has 3 heterocycles. The Kier molecular flexibility index (Phi) is 4.89. The summed E-state index contributed by atoms with van der Waals surface area (Å²) in [5.74, 6) is 0.617. The minimum atomic E-state index is -4.51. The molecule has 0 unspecified atom stereocenters. The van der Waals surface area contributed by atoms with Crippen LogP contribution in [-0.4, -0.2) is 24.9 Å². The van der Waals surface area contributed by atoms with E-state index in [0.717, 1.165) is 12.3 Å². The highest BCUT2D eigenvalue weighted by molar-refractivity contribution is 6.39. The largest absolute Gasteiger partial charge is 0.433 e. The summed E-state index contributed by atoms with van der Waals surface area (Å²) in [7, 11) is 0.